The monoisotopic (exact) mass is 1240 g/mol. The molecule has 16 aromatic rings. The molecule has 0 saturated carbocycles. The van der Waals surface area contributed by atoms with Gasteiger partial charge in [0, 0.05) is 72.4 Å². The number of aromatic nitrogens is 4. The molecule has 1 aliphatic heterocycles. The van der Waals surface area contributed by atoms with Crippen molar-refractivity contribution in [2.75, 3.05) is 0 Å². The van der Waals surface area contributed by atoms with Crippen molar-refractivity contribution in [2.45, 2.75) is 51.4 Å². The lowest BCUT2D eigenvalue weighted by atomic mass is 9.73. The zero-order chi connectivity index (χ0) is 63.9. The Balaban J connectivity index is 0.712. The van der Waals surface area contributed by atoms with Crippen molar-refractivity contribution in [1.29, 1.82) is 0 Å². The molecule has 5 aliphatic rings. The van der Waals surface area contributed by atoms with Gasteiger partial charge < -0.3 is 9.13 Å². The van der Waals surface area contributed by atoms with E-state index in [1.54, 1.807) is 0 Å². The largest absolute Gasteiger partial charge is 0.309 e. The summed E-state index contributed by atoms with van der Waals surface area (Å²) in [5, 5.41) is 8.33. The molecule has 0 amide bonds. The highest BCUT2D eigenvalue weighted by Crippen LogP contribution is 2.58. The van der Waals surface area contributed by atoms with Crippen LogP contribution in [0.1, 0.15) is 73.8 Å². The summed E-state index contributed by atoms with van der Waals surface area (Å²) < 4.78 is 4.92. The van der Waals surface area contributed by atoms with Gasteiger partial charge in [-0.25, -0.2) is 9.97 Å². The first-order chi connectivity index (χ1) is 47.8. The van der Waals surface area contributed by atoms with Crippen molar-refractivity contribution >= 4 is 76.6 Å². The molecule has 0 spiro atoms. The fraction of sp³-hybridized carbons (Fsp3) is 0.0978. The average molecular weight is 1240 g/mol. The highest BCUT2D eigenvalue weighted by atomic mass is 15.0. The van der Waals surface area contributed by atoms with Gasteiger partial charge in [0.2, 0.25) is 0 Å². The number of aliphatic imine (C=N–C) groups is 1. The molecule has 2 unspecified atom stereocenters. The molecule has 4 aliphatic carbocycles. The molecule has 5 heteroatoms. The number of fused-ring (bicyclic) bond motifs is 16. The minimum absolute atomic E-state index is 0.194. The molecule has 5 nitrogen and oxygen atoms in total. The number of benzene rings is 13. The van der Waals surface area contributed by atoms with Crippen LogP contribution in [0.15, 0.2) is 295 Å². The molecule has 2 atom stereocenters. The lowest BCUT2D eigenvalue weighted by molar-refractivity contribution is 0.574. The maximum atomic E-state index is 5.72. The summed E-state index contributed by atoms with van der Waals surface area (Å²) >= 11 is 0. The van der Waals surface area contributed by atoms with Crippen LogP contribution in [0.4, 0.5) is 0 Å². The van der Waals surface area contributed by atoms with Crippen LogP contribution in [0.5, 0.6) is 0 Å². The standard InChI is InChI=1S/C92H63N5/c1-4-64-86-67-25-13-11-23-65(67)68-28-17-30-79(87(68)86)93-89(64)59-38-42-78-74(50-59)73-49-58(37-41-77(73)92(78,2)3)72-51-61(52-84-85(72)71-27-15-16-32-81(71)97(84)63-21-9-6-10-22-63)57-40-44-83-76(48-57)75-47-56(39-43-82(75)96(83)62-19-7-5-8-20-62)54-33-34-55-46-60(36-35-53(55)45-54)91-94-80-31-18-29-69-66-24-12-14-26-70(66)90(95-91)88(69)80/h5-16,18-29,31-52,64,86H,4,17,30H2,1-3H3. The Bertz CT molecular complexity index is 6270. The van der Waals surface area contributed by atoms with Crippen molar-refractivity contribution in [2.24, 2.45) is 10.9 Å². The predicted molar refractivity (Wildman–Crippen MR) is 403 cm³/mol. The second kappa shape index (κ2) is 20.4. The highest BCUT2D eigenvalue weighted by molar-refractivity contribution is 6.19. The minimum Gasteiger partial charge on any atom is -0.309 e. The number of nitrogens with zero attached hydrogens (tertiary/aromatic N) is 5. The first kappa shape index (κ1) is 54.6. The minimum atomic E-state index is -0.194. The number of hydrogen-bond donors (Lipinski definition) is 0. The molecule has 456 valence electrons. The number of hydrogen-bond acceptors (Lipinski definition) is 3. The van der Waals surface area contributed by atoms with Gasteiger partial charge in [0.25, 0.3) is 0 Å². The van der Waals surface area contributed by atoms with Crippen molar-refractivity contribution in [3.63, 3.8) is 0 Å². The third-order valence-electron chi connectivity index (χ3n) is 22.5. The summed E-state index contributed by atoms with van der Waals surface area (Å²) in [6.45, 7) is 7.19. The normalized spacial score (nSPS) is 16.1. The Hall–Kier alpha value is -11.8. The lowest BCUT2D eigenvalue weighted by Gasteiger charge is -2.33. The number of para-hydroxylation sites is 3. The molecule has 4 heterocycles. The summed E-state index contributed by atoms with van der Waals surface area (Å²) in [6.07, 6.45) is 5.52. The summed E-state index contributed by atoms with van der Waals surface area (Å²) in [5.74, 6) is 1.35. The number of allylic oxidation sites excluding steroid dienone is 4. The maximum Gasteiger partial charge on any atom is 0.160 e. The van der Waals surface area contributed by atoms with Crippen molar-refractivity contribution in [1.82, 2.24) is 19.1 Å². The Morgan fingerprint density at radius 1 is 0.412 bits per heavy atom. The van der Waals surface area contributed by atoms with Crippen LogP contribution in [-0.4, -0.2) is 24.8 Å². The van der Waals surface area contributed by atoms with E-state index in [0.29, 0.717) is 5.92 Å². The van der Waals surface area contributed by atoms with Gasteiger partial charge in [-0.2, -0.15) is 0 Å². The fourth-order valence-electron chi connectivity index (χ4n) is 18.1. The van der Waals surface area contributed by atoms with Gasteiger partial charge in [-0.05, 0) is 222 Å². The van der Waals surface area contributed by atoms with E-state index < -0.39 is 0 Å². The van der Waals surface area contributed by atoms with Crippen molar-refractivity contribution in [3.05, 3.63) is 318 Å². The quantitative estimate of drug-likeness (QED) is 0.152. The van der Waals surface area contributed by atoms with Crippen molar-refractivity contribution < 1.29 is 0 Å². The second-order valence-corrected chi connectivity index (χ2v) is 27.9. The van der Waals surface area contributed by atoms with Gasteiger partial charge in [-0.1, -0.05) is 203 Å². The first-order valence-electron chi connectivity index (χ1n) is 34.4. The molecule has 0 bridgehead atoms. The van der Waals surface area contributed by atoms with Gasteiger partial charge >= 0.3 is 0 Å². The van der Waals surface area contributed by atoms with Crippen LogP contribution < -0.4 is 0 Å². The third-order valence-corrected chi connectivity index (χ3v) is 22.5. The predicted octanol–water partition coefficient (Wildman–Crippen LogP) is 23.7. The van der Waals surface area contributed by atoms with E-state index in [1.807, 2.05) is 0 Å². The van der Waals surface area contributed by atoms with E-state index >= 15 is 0 Å². The van der Waals surface area contributed by atoms with E-state index in [9.17, 15) is 0 Å². The summed E-state index contributed by atoms with van der Waals surface area (Å²) in [6, 6.07) is 102. The van der Waals surface area contributed by atoms with E-state index in [1.165, 1.54) is 133 Å². The first-order valence-corrected chi connectivity index (χ1v) is 34.4. The molecule has 13 aromatic carbocycles. The van der Waals surface area contributed by atoms with Gasteiger partial charge in [0.15, 0.2) is 5.82 Å². The summed E-state index contributed by atoms with van der Waals surface area (Å²) in [7, 11) is 0. The zero-order valence-electron chi connectivity index (χ0n) is 54.1. The SMILES string of the molecule is CCC1C(c2ccc3c(c2)-c2cc(-c4cc(-c5ccc6c(c5)c5cc(-c7ccc8cc(-c9nc%10c%11c(cccc%11n9)-c9ccccc9-%10)ccc8c7)ccc5n6-c5ccccc5)cc5c4c4ccccc4n5-c4ccccc4)ccc2C3(C)C)=NC2=C3C(=CCC2)c2ccccc2C31. The van der Waals surface area contributed by atoms with Crippen LogP contribution in [0, 0.1) is 5.92 Å². The lowest BCUT2D eigenvalue weighted by Crippen LogP contribution is -2.27. The molecule has 97 heavy (non-hydrogen) atoms. The smallest absolute Gasteiger partial charge is 0.160 e. The van der Waals surface area contributed by atoms with Crippen molar-refractivity contribution in [3.8, 4) is 89.7 Å². The van der Waals surface area contributed by atoms with Gasteiger partial charge in [0.1, 0.15) is 0 Å². The Morgan fingerprint density at radius 2 is 0.990 bits per heavy atom. The molecule has 21 rings (SSSR count). The third kappa shape index (κ3) is 7.85. The number of rotatable bonds is 8. The molecule has 0 radical (unpaired) electrons. The topological polar surface area (TPSA) is 48.0 Å². The molecule has 0 saturated heterocycles. The van der Waals surface area contributed by atoms with E-state index in [2.05, 4.69) is 309 Å². The molecular weight excluding hydrogens is 1180 g/mol. The second-order valence-electron chi connectivity index (χ2n) is 27.9. The van der Waals surface area contributed by atoms with E-state index in [4.69, 9.17) is 15.0 Å². The molecule has 0 N–H and O–H groups in total. The van der Waals surface area contributed by atoms with Gasteiger partial charge in [-0.15, -0.1) is 0 Å². The van der Waals surface area contributed by atoms with Crippen LogP contribution in [0.2, 0.25) is 0 Å². The van der Waals surface area contributed by atoms with Gasteiger partial charge in [-0.3, -0.25) is 4.99 Å². The summed E-state index contributed by atoms with van der Waals surface area (Å²) in [4.78, 5) is 16.1. The van der Waals surface area contributed by atoms with Crippen LogP contribution in [0.3, 0.4) is 0 Å². The molecule has 3 aromatic heterocycles. The van der Waals surface area contributed by atoms with E-state index in [-0.39, 0.29) is 11.3 Å². The Labute approximate surface area is 562 Å². The summed E-state index contributed by atoms with van der Waals surface area (Å²) in [5.41, 5.74) is 35.3. The Kier molecular flexibility index (Phi) is 11.5. The van der Waals surface area contributed by atoms with Crippen LogP contribution >= 0.6 is 0 Å². The van der Waals surface area contributed by atoms with Crippen LogP contribution in [-0.2, 0) is 5.41 Å². The average Bonchev–Trinajstić information content (AvgIpc) is 1.59. The maximum absolute atomic E-state index is 5.72. The molecule has 0 fully saturated rings. The highest BCUT2D eigenvalue weighted by Gasteiger charge is 2.44. The molecular formula is C92H63N5. The van der Waals surface area contributed by atoms with E-state index in [0.717, 1.165) is 91.7 Å². The van der Waals surface area contributed by atoms with Gasteiger partial charge in [0.05, 0.1) is 39.0 Å². The zero-order valence-corrected chi connectivity index (χ0v) is 54.1. The fourth-order valence-corrected chi connectivity index (χ4v) is 18.1. The Morgan fingerprint density at radius 3 is 1.74 bits per heavy atom. The van der Waals surface area contributed by atoms with Crippen LogP contribution in [0.25, 0.3) is 161 Å².